The van der Waals surface area contributed by atoms with Crippen molar-refractivity contribution >= 4 is 28.8 Å². The predicted molar refractivity (Wildman–Crippen MR) is 82.1 cm³/mol. The SMILES string of the molecule is COc1cccc(N=Nc2c(C)nc3ccc(Cl)cn23)c1. The summed E-state index contributed by atoms with van der Waals surface area (Å²) < 4.78 is 6.99. The molecule has 0 spiro atoms. The Morgan fingerprint density at radius 1 is 1.19 bits per heavy atom. The number of aryl methyl sites for hydroxylation is 1. The predicted octanol–water partition coefficient (Wildman–Crippen LogP) is 4.72. The molecule has 1 aromatic carbocycles. The van der Waals surface area contributed by atoms with E-state index < -0.39 is 0 Å². The van der Waals surface area contributed by atoms with Gasteiger partial charge in [0.15, 0.2) is 5.82 Å². The van der Waals surface area contributed by atoms with Crippen molar-refractivity contribution < 1.29 is 4.74 Å². The molecule has 0 bridgehead atoms. The first-order chi connectivity index (χ1) is 10.2. The third-order valence-electron chi connectivity index (χ3n) is 3.04. The van der Waals surface area contributed by atoms with Gasteiger partial charge in [-0.2, -0.15) is 0 Å². The second kappa shape index (κ2) is 5.54. The van der Waals surface area contributed by atoms with Crippen LogP contribution in [-0.4, -0.2) is 16.5 Å². The Morgan fingerprint density at radius 3 is 2.86 bits per heavy atom. The summed E-state index contributed by atoms with van der Waals surface area (Å²) in [5.41, 5.74) is 2.30. The summed E-state index contributed by atoms with van der Waals surface area (Å²) in [6, 6.07) is 11.0. The van der Waals surface area contributed by atoms with Crippen LogP contribution in [0.2, 0.25) is 5.02 Å². The number of ether oxygens (including phenoxy) is 1. The Kier molecular flexibility index (Phi) is 3.58. The lowest BCUT2D eigenvalue weighted by molar-refractivity contribution is 0.415. The topological polar surface area (TPSA) is 51.2 Å². The summed E-state index contributed by atoms with van der Waals surface area (Å²) in [6.07, 6.45) is 1.77. The molecule has 0 atom stereocenters. The molecular weight excluding hydrogens is 288 g/mol. The first-order valence-electron chi connectivity index (χ1n) is 6.37. The molecular formula is C15H13ClN4O. The van der Waals surface area contributed by atoms with Crippen LogP contribution in [0.1, 0.15) is 5.69 Å². The minimum absolute atomic E-state index is 0.623. The Balaban J connectivity index is 2.02. The number of hydrogen-bond donors (Lipinski definition) is 0. The molecule has 0 N–H and O–H groups in total. The molecule has 3 rings (SSSR count). The Hall–Kier alpha value is -2.40. The van der Waals surface area contributed by atoms with E-state index in [9.17, 15) is 0 Å². The number of nitrogens with zero attached hydrogens (tertiary/aromatic N) is 4. The van der Waals surface area contributed by atoms with E-state index in [4.69, 9.17) is 16.3 Å². The molecule has 21 heavy (non-hydrogen) atoms. The van der Waals surface area contributed by atoms with Gasteiger partial charge in [0.2, 0.25) is 0 Å². The lowest BCUT2D eigenvalue weighted by Crippen LogP contribution is -1.83. The van der Waals surface area contributed by atoms with Crippen LogP contribution in [0.15, 0.2) is 52.8 Å². The number of methoxy groups -OCH3 is 1. The highest BCUT2D eigenvalue weighted by molar-refractivity contribution is 6.30. The molecule has 0 saturated carbocycles. The van der Waals surface area contributed by atoms with Crippen LogP contribution in [0.25, 0.3) is 5.65 Å². The molecule has 3 aromatic rings. The quantitative estimate of drug-likeness (QED) is 0.657. The average Bonchev–Trinajstić information content (AvgIpc) is 2.80. The maximum Gasteiger partial charge on any atom is 0.182 e. The third-order valence-corrected chi connectivity index (χ3v) is 3.26. The van der Waals surface area contributed by atoms with Gasteiger partial charge >= 0.3 is 0 Å². The maximum absolute atomic E-state index is 6.02. The molecule has 2 aromatic heterocycles. The number of rotatable bonds is 3. The van der Waals surface area contributed by atoms with E-state index in [1.54, 1.807) is 19.4 Å². The zero-order valence-electron chi connectivity index (χ0n) is 11.6. The van der Waals surface area contributed by atoms with Gasteiger partial charge < -0.3 is 4.74 Å². The number of aromatic nitrogens is 2. The Bertz CT molecular complexity index is 826. The highest BCUT2D eigenvalue weighted by atomic mass is 35.5. The molecule has 0 aliphatic heterocycles. The van der Waals surface area contributed by atoms with Gasteiger partial charge in [-0.15, -0.1) is 10.2 Å². The third kappa shape index (κ3) is 2.73. The molecule has 5 nitrogen and oxygen atoms in total. The summed E-state index contributed by atoms with van der Waals surface area (Å²) in [7, 11) is 1.62. The standard InChI is InChI=1S/C15H13ClN4O/c1-10-15(20-9-11(16)6-7-14(20)17-10)19-18-12-4-3-5-13(8-12)21-2/h3-9H,1-2H3. The van der Waals surface area contributed by atoms with Crippen LogP contribution in [-0.2, 0) is 0 Å². The number of imidazole rings is 1. The zero-order chi connectivity index (χ0) is 14.8. The molecule has 0 fully saturated rings. The highest BCUT2D eigenvalue weighted by Crippen LogP contribution is 2.26. The second-order valence-corrected chi connectivity index (χ2v) is 4.93. The Labute approximate surface area is 126 Å². The summed E-state index contributed by atoms with van der Waals surface area (Å²) >= 11 is 6.02. The van der Waals surface area contributed by atoms with Crippen molar-refractivity contribution in [1.82, 2.24) is 9.38 Å². The van der Waals surface area contributed by atoms with Gasteiger partial charge in [0.05, 0.1) is 23.5 Å². The number of hydrogen-bond acceptors (Lipinski definition) is 4. The summed E-state index contributed by atoms with van der Waals surface area (Å²) in [6.45, 7) is 1.89. The van der Waals surface area contributed by atoms with Gasteiger partial charge in [0.1, 0.15) is 11.4 Å². The highest BCUT2D eigenvalue weighted by Gasteiger charge is 2.08. The molecule has 0 saturated heterocycles. The van der Waals surface area contributed by atoms with Crippen molar-refractivity contribution in [2.45, 2.75) is 6.92 Å². The normalized spacial score (nSPS) is 11.4. The van der Waals surface area contributed by atoms with Crippen LogP contribution < -0.4 is 4.74 Å². The lowest BCUT2D eigenvalue weighted by atomic mass is 10.3. The lowest BCUT2D eigenvalue weighted by Gasteiger charge is -1.99. The maximum atomic E-state index is 6.02. The van der Waals surface area contributed by atoms with Crippen molar-refractivity contribution in [2.75, 3.05) is 7.11 Å². The smallest absolute Gasteiger partial charge is 0.182 e. The fourth-order valence-corrected chi connectivity index (χ4v) is 2.18. The van der Waals surface area contributed by atoms with E-state index >= 15 is 0 Å². The van der Waals surface area contributed by atoms with Gasteiger partial charge in [-0.25, -0.2) is 4.98 Å². The monoisotopic (exact) mass is 300 g/mol. The average molecular weight is 301 g/mol. The van der Waals surface area contributed by atoms with Crippen LogP contribution in [0.4, 0.5) is 11.5 Å². The van der Waals surface area contributed by atoms with Gasteiger partial charge in [-0.1, -0.05) is 17.7 Å². The minimum Gasteiger partial charge on any atom is -0.497 e. The van der Waals surface area contributed by atoms with E-state index in [-0.39, 0.29) is 0 Å². The van der Waals surface area contributed by atoms with E-state index in [0.717, 1.165) is 17.1 Å². The fourth-order valence-electron chi connectivity index (χ4n) is 2.02. The van der Waals surface area contributed by atoms with Crippen LogP contribution >= 0.6 is 11.6 Å². The van der Waals surface area contributed by atoms with E-state index in [0.29, 0.717) is 16.5 Å². The minimum atomic E-state index is 0.623. The number of azo groups is 1. The van der Waals surface area contributed by atoms with Crippen molar-refractivity contribution in [3.8, 4) is 5.75 Å². The first kappa shape index (κ1) is 13.6. The summed E-state index contributed by atoms with van der Waals surface area (Å²) in [4.78, 5) is 4.43. The Morgan fingerprint density at radius 2 is 2.05 bits per heavy atom. The van der Waals surface area contributed by atoms with Crippen LogP contribution in [0.3, 0.4) is 0 Å². The van der Waals surface area contributed by atoms with Crippen molar-refractivity contribution in [2.24, 2.45) is 10.2 Å². The molecule has 0 aliphatic carbocycles. The summed E-state index contributed by atoms with van der Waals surface area (Å²) in [5, 5.41) is 9.15. The molecule has 6 heteroatoms. The van der Waals surface area contributed by atoms with Crippen molar-refractivity contribution in [3.05, 3.63) is 53.3 Å². The van der Waals surface area contributed by atoms with E-state index in [1.165, 1.54) is 0 Å². The summed E-state index contributed by atoms with van der Waals surface area (Å²) in [5.74, 6) is 1.40. The van der Waals surface area contributed by atoms with Gasteiger partial charge in [-0.3, -0.25) is 4.40 Å². The van der Waals surface area contributed by atoms with Crippen molar-refractivity contribution in [3.63, 3.8) is 0 Å². The van der Waals surface area contributed by atoms with Gasteiger partial charge in [0, 0.05) is 12.3 Å². The van der Waals surface area contributed by atoms with Crippen molar-refractivity contribution in [1.29, 1.82) is 0 Å². The number of halogens is 1. The van der Waals surface area contributed by atoms with E-state index in [2.05, 4.69) is 15.2 Å². The van der Waals surface area contributed by atoms with Crippen LogP contribution in [0.5, 0.6) is 5.75 Å². The molecule has 2 heterocycles. The zero-order valence-corrected chi connectivity index (χ0v) is 12.4. The molecule has 0 amide bonds. The number of benzene rings is 1. The fraction of sp³-hybridized carbons (Fsp3) is 0.133. The first-order valence-corrected chi connectivity index (χ1v) is 6.75. The van der Waals surface area contributed by atoms with Crippen LogP contribution in [0, 0.1) is 6.92 Å². The molecule has 0 aliphatic rings. The second-order valence-electron chi connectivity index (χ2n) is 4.50. The molecule has 0 radical (unpaired) electrons. The van der Waals surface area contributed by atoms with Gasteiger partial charge in [0.25, 0.3) is 0 Å². The largest absolute Gasteiger partial charge is 0.497 e. The van der Waals surface area contributed by atoms with E-state index in [1.807, 2.05) is 41.7 Å². The number of pyridine rings is 1. The molecule has 0 unspecified atom stereocenters. The van der Waals surface area contributed by atoms with Gasteiger partial charge in [-0.05, 0) is 31.2 Å². The molecule has 106 valence electrons. The number of fused-ring (bicyclic) bond motifs is 1.